The van der Waals surface area contributed by atoms with Crippen LogP contribution in [0, 0.1) is 5.41 Å². The lowest BCUT2D eigenvalue weighted by Crippen LogP contribution is -2.40. The van der Waals surface area contributed by atoms with E-state index in [1.54, 1.807) is 27.7 Å². The average Bonchev–Trinajstić information content (AvgIpc) is 1.97. The molecular formula is C9H18N2O4. The van der Waals surface area contributed by atoms with Crippen LogP contribution in [-0.4, -0.2) is 17.7 Å². The SMILES string of the molecule is CC(C)(CC(C)(C)C(=O)ON)OC(N)=O. The minimum atomic E-state index is -0.878. The molecule has 0 rings (SSSR count). The molecule has 6 nitrogen and oxygen atoms in total. The summed E-state index contributed by atoms with van der Waals surface area (Å²) >= 11 is 0. The topological polar surface area (TPSA) is 105 Å². The zero-order valence-corrected chi connectivity index (χ0v) is 9.49. The molecule has 0 aromatic carbocycles. The van der Waals surface area contributed by atoms with Gasteiger partial charge in [0.1, 0.15) is 5.60 Å². The lowest BCUT2D eigenvalue weighted by molar-refractivity contribution is -0.157. The first-order valence-corrected chi connectivity index (χ1v) is 4.50. The van der Waals surface area contributed by atoms with Gasteiger partial charge in [-0.3, -0.25) is 0 Å². The summed E-state index contributed by atoms with van der Waals surface area (Å²) in [5.41, 5.74) is 3.22. The summed E-state index contributed by atoms with van der Waals surface area (Å²) in [6, 6.07) is 0. The van der Waals surface area contributed by atoms with E-state index in [0.29, 0.717) is 0 Å². The summed E-state index contributed by atoms with van der Waals surface area (Å²) in [4.78, 5) is 26.0. The molecule has 1 amide bonds. The summed E-state index contributed by atoms with van der Waals surface area (Å²) in [6.07, 6.45) is -0.615. The van der Waals surface area contributed by atoms with Crippen LogP contribution in [0.5, 0.6) is 0 Å². The minimum absolute atomic E-state index is 0.263. The molecule has 0 bridgehead atoms. The highest BCUT2D eigenvalue weighted by molar-refractivity contribution is 5.75. The molecule has 0 radical (unpaired) electrons. The number of nitrogens with two attached hydrogens (primary N) is 2. The Bertz CT molecular complexity index is 261. The number of carbonyl (C=O) groups excluding carboxylic acids is 2. The normalized spacial score (nSPS) is 12.1. The Balaban J connectivity index is 4.56. The first-order valence-electron chi connectivity index (χ1n) is 4.50. The van der Waals surface area contributed by atoms with E-state index in [1.807, 2.05) is 0 Å². The van der Waals surface area contributed by atoms with E-state index in [1.165, 1.54) is 0 Å². The van der Waals surface area contributed by atoms with Gasteiger partial charge in [0.25, 0.3) is 0 Å². The second kappa shape index (κ2) is 4.48. The zero-order valence-electron chi connectivity index (χ0n) is 9.49. The van der Waals surface area contributed by atoms with Crippen LogP contribution in [0.25, 0.3) is 0 Å². The van der Waals surface area contributed by atoms with Crippen LogP contribution < -0.4 is 11.6 Å². The van der Waals surface area contributed by atoms with E-state index in [9.17, 15) is 9.59 Å². The monoisotopic (exact) mass is 218 g/mol. The smallest absolute Gasteiger partial charge is 0.405 e. The van der Waals surface area contributed by atoms with Gasteiger partial charge in [0.05, 0.1) is 5.41 Å². The molecule has 0 fully saturated rings. The summed E-state index contributed by atoms with van der Waals surface area (Å²) in [5.74, 6) is 4.23. The summed E-state index contributed by atoms with van der Waals surface area (Å²) in [6.45, 7) is 6.61. The second-order valence-corrected chi connectivity index (χ2v) is 4.65. The largest absolute Gasteiger partial charge is 0.444 e. The molecular weight excluding hydrogens is 200 g/mol. The Morgan fingerprint density at radius 3 is 2.00 bits per heavy atom. The molecule has 0 heterocycles. The Morgan fingerprint density at radius 2 is 1.67 bits per heavy atom. The maximum absolute atomic E-state index is 11.3. The lowest BCUT2D eigenvalue weighted by atomic mass is 9.82. The predicted octanol–water partition coefficient (Wildman–Crippen LogP) is 0.694. The number of rotatable bonds is 4. The molecule has 0 atom stereocenters. The predicted molar refractivity (Wildman–Crippen MR) is 53.4 cm³/mol. The Kier molecular flexibility index (Phi) is 4.09. The molecule has 0 unspecified atom stereocenters. The third-order valence-electron chi connectivity index (χ3n) is 1.90. The highest BCUT2D eigenvalue weighted by atomic mass is 16.7. The van der Waals surface area contributed by atoms with Gasteiger partial charge in [-0.25, -0.2) is 9.59 Å². The van der Waals surface area contributed by atoms with Crippen LogP contribution in [0.2, 0.25) is 0 Å². The van der Waals surface area contributed by atoms with E-state index in [0.717, 1.165) is 0 Å². The molecule has 0 aliphatic rings. The van der Waals surface area contributed by atoms with Gasteiger partial charge in [0.15, 0.2) is 0 Å². The maximum atomic E-state index is 11.3. The van der Waals surface area contributed by atoms with Gasteiger partial charge in [-0.1, -0.05) is 0 Å². The van der Waals surface area contributed by atoms with Crippen molar-refractivity contribution in [2.24, 2.45) is 17.0 Å². The van der Waals surface area contributed by atoms with Crippen molar-refractivity contribution >= 4 is 12.1 Å². The van der Waals surface area contributed by atoms with Gasteiger partial charge in [0.2, 0.25) is 0 Å². The van der Waals surface area contributed by atoms with Crippen molar-refractivity contribution in [3.05, 3.63) is 0 Å². The Labute approximate surface area is 88.8 Å². The van der Waals surface area contributed by atoms with Crippen molar-refractivity contribution in [1.29, 1.82) is 0 Å². The number of ether oxygens (including phenoxy) is 1. The van der Waals surface area contributed by atoms with Crippen molar-refractivity contribution < 1.29 is 19.2 Å². The first-order chi connectivity index (χ1) is 6.60. The summed E-state index contributed by atoms with van der Waals surface area (Å²) < 4.78 is 4.86. The fraction of sp³-hybridized carbons (Fsp3) is 0.778. The van der Waals surface area contributed by atoms with Gasteiger partial charge < -0.3 is 15.3 Å². The number of hydrogen-bond acceptors (Lipinski definition) is 5. The van der Waals surface area contributed by atoms with Crippen LogP contribution >= 0.6 is 0 Å². The Hall–Kier alpha value is -1.30. The quantitative estimate of drug-likeness (QED) is 0.675. The summed E-state index contributed by atoms with van der Waals surface area (Å²) in [5, 5.41) is 0. The molecule has 0 spiro atoms. The van der Waals surface area contributed by atoms with Crippen LogP contribution in [0.3, 0.4) is 0 Å². The standard InChI is InChI=1S/C9H18N2O4/c1-8(2,6(12)15-11)5-9(3,4)14-7(10)13/h5,11H2,1-4H3,(H2,10,13). The van der Waals surface area contributed by atoms with Crippen molar-refractivity contribution in [3.63, 3.8) is 0 Å². The van der Waals surface area contributed by atoms with E-state index in [4.69, 9.17) is 16.4 Å². The van der Waals surface area contributed by atoms with Gasteiger partial charge in [-0.2, -0.15) is 5.90 Å². The van der Waals surface area contributed by atoms with Crippen molar-refractivity contribution in [1.82, 2.24) is 0 Å². The summed E-state index contributed by atoms with van der Waals surface area (Å²) in [7, 11) is 0. The Morgan fingerprint density at radius 1 is 1.20 bits per heavy atom. The molecule has 4 N–H and O–H groups in total. The molecule has 6 heteroatoms. The van der Waals surface area contributed by atoms with Gasteiger partial charge >= 0.3 is 12.1 Å². The molecule has 0 aliphatic heterocycles. The fourth-order valence-corrected chi connectivity index (χ4v) is 1.60. The molecule has 0 aliphatic carbocycles. The molecule has 15 heavy (non-hydrogen) atoms. The van der Waals surface area contributed by atoms with Crippen LogP contribution in [0.1, 0.15) is 34.1 Å². The van der Waals surface area contributed by atoms with Crippen LogP contribution in [0.15, 0.2) is 0 Å². The minimum Gasteiger partial charge on any atom is -0.444 e. The first kappa shape index (κ1) is 13.7. The van der Waals surface area contributed by atoms with E-state index in [2.05, 4.69) is 4.84 Å². The number of primary amides is 1. The van der Waals surface area contributed by atoms with Gasteiger partial charge in [-0.05, 0) is 27.7 Å². The highest BCUT2D eigenvalue weighted by Crippen LogP contribution is 2.30. The van der Waals surface area contributed by atoms with Gasteiger partial charge in [0, 0.05) is 6.42 Å². The molecule has 0 saturated heterocycles. The fourth-order valence-electron chi connectivity index (χ4n) is 1.60. The van der Waals surface area contributed by atoms with Crippen molar-refractivity contribution in [2.45, 2.75) is 39.7 Å². The zero-order chi connectivity index (χ0) is 12.3. The third-order valence-corrected chi connectivity index (χ3v) is 1.90. The van der Waals surface area contributed by atoms with E-state index >= 15 is 0 Å². The molecule has 88 valence electrons. The number of hydrogen-bond donors (Lipinski definition) is 2. The van der Waals surface area contributed by atoms with E-state index < -0.39 is 23.1 Å². The van der Waals surface area contributed by atoms with Crippen molar-refractivity contribution in [2.75, 3.05) is 0 Å². The number of amides is 1. The van der Waals surface area contributed by atoms with Crippen molar-refractivity contribution in [3.8, 4) is 0 Å². The molecule has 0 aromatic heterocycles. The lowest BCUT2D eigenvalue weighted by Gasteiger charge is -2.31. The number of carbonyl (C=O) groups is 2. The van der Waals surface area contributed by atoms with E-state index in [-0.39, 0.29) is 6.42 Å². The average molecular weight is 218 g/mol. The van der Waals surface area contributed by atoms with Crippen LogP contribution in [0.4, 0.5) is 4.79 Å². The maximum Gasteiger partial charge on any atom is 0.405 e. The van der Waals surface area contributed by atoms with Crippen LogP contribution in [-0.2, 0) is 14.4 Å². The molecule has 0 saturated carbocycles. The second-order valence-electron chi connectivity index (χ2n) is 4.65. The highest BCUT2D eigenvalue weighted by Gasteiger charge is 2.37. The molecule has 0 aromatic rings. The van der Waals surface area contributed by atoms with Gasteiger partial charge in [-0.15, -0.1) is 0 Å². The third kappa shape index (κ3) is 4.64.